The Morgan fingerprint density at radius 3 is 2.55 bits per heavy atom. The first kappa shape index (κ1) is 19.7. The van der Waals surface area contributed by atoms with Gasteiger partial charge in [-0.15, -0.1) is 0 Å². The first-order valence-electron chi connectivity index (χ1n) is 9.27. The van der Waals surface area contributed by atoms with Crippen molar-refractivity contribution in [1.29, 1.82) is 0 Å². The van der Waals surface area contributed by atoms with E-state index in [1.807, 2.05) is 12.1 Å². The summed E-state index contributed by atoms with van der Waals surface area (Å²) in [5.74, 6) is 0.934. The standard InChI is InChI=1S/C22H19ClN2O3S/c1-28-17-11-5-14(6-12-17)20(26)13-29-21-18-3-2-4-19(18)25(22(27)24-21)16-9-7-15(23)8-10-16/h5-12H,2-4,13H2,1H3. The van der Waals surface area contributed by atoms with E-state index in [9.17, 15) is 9.59 Å². The molecule has 0 atom stereocenters. The van der Waals surface area contributed by atoms with E-state index < -0.39 is 0 Å². The van der Waals surface area contributed by atoms with Gasteiger partial charge in [-0.2, -0.15) is 4.98 Å². The zero-order valence-corrected chi connectivity index (χ0v) is 17.4. The number of ketones is 1. The molecule has 3 aromatic rings. The highest BCUT2D eigenvalue weighted by atomic mass is 35.5. The number of carbonyl (C=O) groups excluding carboxylic acids is 1. The third kappa shape index (κ3) is 4.09. The van der Waals surface area contributed by atoms with Gasteiger partial charge in [0.1, 0.15) is 10.8 Å². The van der Waals surface area contributed by atoms with E-state index in [2.05, 4.69) is 4.98 Å². The Bertz CT molecular complexity index is 1110. The van der Waals surface area contributed by atoms with Crippen molar-refractivity contribution < 1.29 is 9.53 Å². The SMILES string of the molecule is COc1ccc(C(=O)CSc2nc(=O)n(-c3ccc(Cl)cc3)c3c2CCC3)cc1. The van der Waals surface area contributed by atoms with Crippen molar-refractivity contribution in [2.24, 2.45) is 0 Å². The van der Waals surface area contributed by atoms with Gasteiger partial charge in [0.25, 0.3) is 0 Å². The van der Waals surface area contributed by atoms with Gasteiger partial charge in [0.2, 0.25) is 0 Å². The van der Waals surface area contributed by atoms with Gasteiger partial charge in [-0.05, 0) is 67.8 Å². The van der Waals surface area contributed by atoms with Gasteiger partial charge in [0.05, 0.1) is 18.6 Å². The number of aromatic nitrogens is 2. The van der Waals surface area contributed by atoms with Crippen LogP contribution in [-0.4, -0.2) is 28.2 Å². The smallest absolute Gasteiger partial charge is 0.353 e. The lowest BCUT2D eigenvalue weighted by Gasteiger charge is -2.14. The number of thioether (sulfide) groups is 1. The summed E-state index contributed by atoms with van der Waals surface area (Å²) in [6.07, 6.45) is 2.64. The average molecular weight is 427 g/mol. The summed E-state index contributed by atoms with van der Waals surface area (Å²) in [5, 5.41) is 1.28. The van der Waals surface area contributed by atoms with Crippen molar-refractivity contribution in [3.05, 3.63) is 80.9 Å². The number of Topliss-reactive ketones (excluding diaryl/α,β-unsaturated/α-hetero) is 1. The van der Waals surface area contributed by atoms with Crippen molar-refractivity contribution in [3.63, 3.8) is 0 Å². The molecule has 2 aromatic carbocycles. The summed E-state index contributed by atoms with van der Waals surface area (Å²) in [4.78, 5) is 29.6. The summed E-state index contributed by atoms with van der Waals surface area (Å²) in [6.45, 7) is 0. The van der Waals surface area contributed by atoms with Gasteiger partial charge >= 0.3 is 5.69 Å². The van der Waals surface area contributed by atoms with E-state index in [4.69, 9.17) is 16.3 Å². The molecule has 1 aromatic heterocycles. The first-order chi connectivity index (χ1) is 14.1. The summed E-state index contributed by atoms with van der Waals surface area (Å²) >= 11 is 7.31. The Kier molecular flexibility index (Phi) is 5.74. The molecule has 7 heteroatoms. The molecule has 0 aliphatic heterocycles. The number of carbonyl (C=O) groups is 1. The number of ether oxygens (including phenoxy) is 1. The summed E-state index contributed by atoms with van der Waals surface area (Å²) in [5.41, 5.74) is 3.09. The second-order valence-electron chi connectivity index (χ2n) is 6.73. The second-order valence-corrected chi connectivity index (χ2v) is 8.13. The molecule has 0 bridgehead atoms. The van der Waals surface area contributed by atoms with E-state index in [1.54, 1.807) is 48.1 Å². The molecule has 5 nitrogen and oxygen atoms in total. The van der Waals surface area contributed by atoms with Crippen molar-refractivity contribution >= 4 is 29.1 Å². The fraction of sp³-hybridized carbons (Fsp3) is 0.227. The van der Waals surface area contributed by atoms with Gasteiger partial charge in [-0.3, -0.25) is 9.36 Å². The molecule has 1 aliphatic carbocycles. The molecule has 4 rings (SSSR count). The number of halogens is 1. The number of benzene rings is 2. The average Bonchev–Trinajstić information content (AvgIpc) is 3.22. The van der Waals surface area contributed by atoms with Crippen LogP contribution in [0.15, 0.2) is 58.4 Å². The van der Waals surface area contributed by atoms with Crippen LogP contribution in [0.25, 0.3) is 5.69 Å². The molecular formula is C22H19ClN2O3S. The van der Waals surface area contributed by atoms with Crippen LogP contribution in [0.1, 0.15) is 28.0 Å². The van der Waals surface area contributed by atoms with Gasteiger partial charge in [0.15, 0.2) is 5.78 Å². The maximum absolute atomic E-state index is 12.8. The molecule has 0 spiro atoms. The van der Waals surface area contributed by atoms with Crippen LogP contribution in [0.5, 0.6) is 5.75 Å². The quantitative estimate of drug-likeness (QED) is 0.333. The molecule has 148 valence electrons. The number of rotatable bonds is 6. The molecule has 29 heavy (non-hydrogen) atoms. The van der Waals surface area contributed by atoms with Crippen molar-refractivity contribution in [2.75, 3.05) is 12.9 Å². The van der Waals surface area contributed by atoms with Gasteiger partial charge < -0.3 is 4.74 Å². The lowest BCUT2D eigenvalue weighted by molar-refractivity contribution is 0.102. The highest BCUT2D eigenvalue weighted by Crippen LogP contribution is 2.31. The molecule has 0 saturated carbocycles. The van der Waals surface area contributed by atoms with Crippen LogP contribution in [0.2, 0.25) is 5.02 Å². The zero-order chi connectivity index (χ0) is 20.4. The van der Waals surface area contributed by atoms with Gasteiger partial charge in [-0.1, -0.05) is 23.4 Å². The highest BCUT2D eigenvalue weighted by Gasteiger charge is 2.23. The van der Waals surface area contributed by atoms with Crippen LogP contribution in [0.4, 0.5) is 0 Å². The number of hydrogen-bond acceptors (Lipinski definition) is 5. The Morgan fingerprint density at radius 2 is 1.86 bits per heavy atom. The minimum Gasteiger partial charge on any atom is -0.497 e. The highest BCUT2D eigenvalue weighted by molar-refractivity contribution is 8.00. The predicted octanol–water partition coefficient (Wildman–Crippen LogP) is 4.36. The second kappa shape index (κ2) is 8.43. The maximum atomic E-state index is 12.8. The Hall–Kier alpha value is -2.57. The van der Waals surface area contributed by atoms with Crippen molar-refractivity contribution in [2.45, 2.75) is 24.3 Å². The fourth-order valence-corrected chi connectivity index (χ4v) is 4.59. The molecule has 0 radical (unpaired) electrons. The normalized spacial score (nSPS) is 12.6. The Balaban J connectivity index is 1.59. The lowest BCUT2D eigenvalue weighted by atomic mass is 10.1. The number of nitrogens with zero attached hydrogens (tertiary/aromatic N) is 2. The monoisotopic (exact) mass is 426 g/mol. The predicted molar refractivity (Wildman–Crippen MR) is 115 cm³/mol. The van der Waals surface area contributed by atoms with Crippen molar-refractivity contribution in [1.82, 2.24) is 9.55 Å². The van der Waals surface area contributed by atoms with Crippen LogP contribution in [-0.2, 0) is 12.8 Å². The number of fused-ring (bicyclic) bond motifs is 1. The van der Waals surface area contributed by atoms with E-state index in [1.165, 1.54) is 11.8 Å². The fourth-order valence-electron chi connectivity index (χ4n) is 3.49. The number of hydrogen-bond donors (Lipinski definition) is 0. The molecule has 1 heterocycles. The van der Waals surface area contributed by atoms with Crippen LogP contribution >= 0.6 is 23.4 Å². The van der Waals surface area contributed by atoms with E-state index in [0.717, 1.165) is 36.2 Å². The Morgan fingerprint density at radius 1 is 1.14 bits per heavy atom. The third-order valence-electron chi connectivity index (χ3n) is 4.94. The summed E-state index contributed by atoms with van der Waals surface area (Å²) in [6, 6.07) is 14.2. The molecule has 0 saturated heterocycles. The number of methoxy groups -OCH3 is 1. The van der Waals surface area contributed by atoms with Gasteiger partial charge in [-0.25, -0.2) is 4.79 Å². The largest absolute Gasteiger partial charge is 0.497 e. The summed E-state index contributed by atoms with van der Waals surface area (Å²) < 4.78 is 6.79. The van der Waals surface area contributed by atoms with Gasteiger partial charge in [0, 0.05) is 21.8 Å². The van der Waals surface area contributed by atoms with E-state index in [0.29, 0.717) is 21.4 Å². The first-order valence-corrected chi connectivity index (χ1v) is 10.6. The van der Waals surface area contributed by atoms with Crippen LogP contribution in [0.3, 0.4) is 0 Å². The molecule has 1 aliphatic rings. The molecule has 0 fully saturated rings. The van der Waals surface area contributed by atoms with E-state index >= 15 is 0 Å². The zero-order valence-electron chi connectivity index (χ0n) is 15.9. The summed E-state index contributed by atoms with van der Waals surface area (Å²) in [7, 11) is 1.59. The lowest BCUT2D eigenvalue weighted by Crippen LogP contribution is -2.26. The topological polar surface area (TPSA) is 61.2 Å². The molecule has 0 amide bonds. The van der Waals surface area contributed by atoms with E-state index in [-0.39, 0.29) is 17.2 Å². The van der Waals surface area contributed by atoms with Crippen LogP contribution < -0.4 is 10.4 Å². The molecular weight excluding hydrogens is 408 g/mol. The third-order valence-corrected chi connectivity index (χ3v) is 6.21. The Labute approximate surface area is 177 Å². The molecule has 0 unspecified atom stereocenters. The van der Waals surface area contributed by atoms with Crippen molar-refractivity contribution in [3.8, 4) is 11.4 Å². The van der Waals surface area contributed by atoms with Crippen LogP contribution in [0, 0.1) is 0 Å². The minimum absolute atomic E-state index is 0.00641. The maximum Gasteiger partial charge on any atom is 0.353 e. The molecule has 0 N–H and O–H groups in total. The minimum atomic E-state index is -0.327.